The van der Waals surface area contributed by atoms with Crippen LogP contribution >= 0.6 is 11.3 Å². The molecule has 0 spiro atoms. The summed E-state index contributed by atoms with van der Waals surface area (Å²) in [6.07, 6.45) is 6.68. The molecule has 0 saturated carbocycles. The molecule has 0 atom stereocenters. The third kappa shape index (κ3) is 4.22. The third-order valence-electron chi connectivity index (χ3n) is 3.95. The molecule has 1 aromatic heterocycles. The fourth-order valence-electron chi connectivity index (χ4n) is 2.60. The molecule has 4 nitrogen and oxygen atoms in total. The monoisotopic (exact) mass is 364 g/mol. The smallest absolute Gasteiger partial charge is 0.251 e. The quantitative estimate of drug-likeness (QED) is 0.625. The molecule has 2 aromatic carbocycles. The molecule has 3 rings (SSSR count). The summed E-state index contributed by atoms with van der Waals surface area (Å²) in [5.74, 6) is 3.18. The van der Waals surface area contributed by atoms with Gasteiger partial charge in [-0.1, -0.05) is 48.4 Å². The Balaban J connectivity index is 1.80. The summed E-state index contributed by atoms with van der Waals surface area (Å²) in [4.78, 5) is 17.2. The van der Waals surface area contributed by atoms with Gasteiger partial charge in [0.1, 0.15) is 5.75 Å². The molecule has 0 aliphatic heterocycles. The van der Waals surface area contributed by atoms with Crippen LogP contribution in [0.5, 0.6) is 5.75 Å². The Bertz CT molecular complexity index is 1010. The van der Waals surface area contributed by atoms with Crippen molar-refractivity contribution in [3.63, 3.8) is 0 Å². The van der Waals surface area contributed by atoms with E-state index in [1.165, 1.54) is 16.9 Å². The third-order valence-corrected chi connectivity index (χ3v) is 4.99. The minimum atomic E-state index is -0.214. The van der Waals surface area contributed by atoms with E-state index in [4.69, 9.17) is 11.2 Å². The van der Waals surface area contributed by atoms with Crippen molar-refractivity contribution in [1.29, 1.82) is 0 Å². The Morgan fingerprint density at radius 3 is 2.81 bits per heavy atom. The minimum absolute atomic E-state index is 0.214. The summed E-state index contributed by atoms with van der Waals surface area (Å²) < 4.78 is 8.57. The van der Waals surface area contributed by atoms with Crippen molar-refractivity contribution in [1.82, 2.24) is 4.57 Å². The van der Waals surface area contributed by atoms with Crippen LogP contribution in [0.25, 0.3) is 10.2 Å². The summed E-state index contributed by atoms with van der Waals surface area (Å²) in [5, 5.41) is 0. The van der Waals surface area contributed by atoms with E-state index in [1.807, 2.05) is 41.0 Å². The van der Waals surface area contributed by atoms with Gasteiger partial charge < -0.3 is 9.30 Å². The van der Waals surface area contributed by atoms with Crippen LogP contribution in [0.15, 0.2) is 53.5 Å². The van der Waals surface area contributed by atoms with E-state index >= 15 is 0 Å². The van der Waals surface area contributed by atoms with Crippen LogP contribution in [0.4, 0.5) is 0 Å². The number of para-hydroxylation sites is 1. The molecule has 0 fully saturated rings. The lowest BCUT2D eigenvalue weighted by Gasteiger charge is -2.03. The highest BCUT2D eigenvalue weighted by molar-refractivity contribution is 7.16. The molecule has 0 aliphatic carbocycles. The largest absolute Gasteiger partial charge is 0.493 e. The van der Waals surface area contributed by atoms with Crippen molar-refractivity contribution in [2.75, 3.05) is 6.61 Å². The average molecular weight is 364 g/mol. The number of rotatable bonds is 6. The second-order valence-corrected chi connectivity index (χ2v) is 6.76. The van der Waals surface area contributed by atoms with Crippen molar-refractivity contribution >= 4 is 27.5 Å². The van der Waals surface area contributed by atoms with Gasteiger partial charge in [0.25, 0.3) is 5.91 Å². The zero-order valence-electron chi connectivity index (χ0n) is 14.6. The fraction of sp³-hybridized carbons (Fsp3) is 0.238. The van der Waals surface area contributed by atoms with Gasteiger partial charge in [0, 0.05) is 0 Å². The van der Waals surface area contributed by atoms with Crippen LogP contribution < -0.4 is 9.54 Å². The zero-order valence-corrected chi connectivity index (χ0v) is 15.5. The number of aromatic nitrogens is 1. The first-order chi connectivity index (χ1) is 12.7. The van der Waals surface area contributed by atoms with Crippen LogP contribution in [0.1, 0.15) is 18.9 Å². The first-order valence-corrected chi connectivity index (χ1v) is 9.34. The van der Waals surface area contributed by atoms with Gasteiger partial charge in [0.05, 0.1) is 29.8 Å². The maximum absolute atomic E-state index is 12.3. The number of aryl methyl sites for hydroxylation is 1. The van der Waals surface area contributed by atoms with Gasteiger partial charge in [-0.15, -0.1) is 6.42 Å². The predicted molar refractivity (Wildman–Crippen MR) is 105 cm³/mol. The number of amides is 1. The van der Waals surface area contributed by atoms with E-state index in [-0.39, 0.29) is 12.3 Å². The second kappa shape index (κ2) is 8.50. The van der Waals surface area contributed by atoms with Gasteiger partial charge in [0.2, 0.25) is 0 Å². The molecule has 0 N–H and O–H groups in total. The molecule has 3 aromatic rings. The number of nitrogens with zero attached hydrogens (tertiary/aromatic N) is 2. The molecular weight excluding hydrogens is 344 g/mol. The highest BCUT2D eigenvalue weighted by Crippen LogP contribution is 2.19. The second-order valence-electron chi connectivity index (χ2n) is 5.75. The van der Waals surface area contributed by atoms with Crippen LogP contribution in [-0.4, -0.2) is 17.1 Å². The van der Waals surface area contributed by atoms with Gasteiger partial charge in [0.15, 0.2) is 4.80 Å². The number of hydrogen-bond acceptors (Lipinski definition) is 3. The van der Waals surface area contributed by atoms with E-state index in [0.29, 0.717) is 18.0 Å². The predicted octanol–water partition coefficient (Wildman–Crippen LogP) is 3.79. The van der Waals surface area contributed by atoms with Gasteiger partial charge in [-0.3, -0.25) is 4.79 Å². The van der Waals surface area contributed by atoms with Gasteiger partial charge in [-0.25, -0.2) is 0 Å². The van der Waals surface area contributed by atoms with Crippen LogP contribution in [-0.2, 0) is 17.8 Å². The van der Waals surface area contributed by atoms with E-state index in [9.17, 15) is 4.79 Å². The summed E-state index contributed by atoms with van der Waals surface area (Å²) in [5.41, 5.74) is 2.26. The standard InChI is InChI=1S/C21H20N2O2S/c1-3-13-23-18-11-10-16(4-2)15-19(18)26-21(23)22-20(24)12-14-25-17-8-6-5-7-9-17/h1,5-11,15H,4,12-14H2,2H3. The molecule has 0 bridgehead atoms. The van der Waals surface area contributed by atoms with Crippen LogP contribution in [0.3, 0.4) is 0 Å². The Hall–Kier alpha value is -2.84. The van der Waals surface area contributed by atoms with E-state index in [1.54, 1.807) is 0 Å². The van der Waals surface area contributed by atoms with E-state index < -0.39 is 0 Å². The van der Waals surface area contributed by atoms with Crippen LogP contribution in [0.2, 0.25) is 0 Å². The Morgan fingerprint density at radius 2 is 2.08 bits per heavy atom. The Morgan fingerprint density at radius 1 is 1.27 bits per heavy atom. The SMILES string of the molecule is C#CCn1c(=NC(=O)CCOc2ccccc2)sc2cc(CC)ccc21. The Labute approximate surface area is 156 Å². The van der Waals surface area contributed by atoms with Crippen molar-refractivity contribution in [2.24, 2.45) is 4.99 Å². The highest BCUT2D eigenvalue weighted by Gasteiger charge is 2.08. The topological polar surface area (TPSA) is 43.6 Å². The molecule has 26 heavy (non-hydrogen) atoms. The molecule has 0 aliphatic rings. The van der Waals surface area contributed by atoms with Crippen molar-refractivity contribution in [3.8, 4) is 18.1 Å². The first-order valence-electron chi connectivity index (χ1n) is 8.52. The van der Waals surface area contributed by atoms with Crippen LogP contribution in [0, 0.1) is 12.3 Å². The number of carbonyl (C=O) groups excluding carboxylic acids is 1. The van der Waals surface area contributed by atoms with Gasteiger partial charge >= 0.3 is 0 Å². The van der Waals surface area contributed by atoms with E-state index in [2.05, 4.69) is 30.0 Å². The molecule has 0 unspecified atom stereocenters. The first kappa shape index (κ1) is 18.0. The van der Waals surface area contributed by atoms with E-state index in [0.717, 1.165) is 22.4 Å². The normalized spacial score (nSPS) is 11.5. The van der Waals surface area contributed by atoms with Gasteiger partial charge in [-0.2, -0.15) is 4.99 Å². The molecular formula is C21H20N2O2S. The summed E-state index contributed by atoms with van der Waals surface area (Å²) in [7, 11) is 0. The fourth-order valence-corrected chi connectivity index (χ4v) is 3.71. The molecule has 0 saturated heterocycles. The summed E-state index contributed by atoms with van der Waals surface area (Å²) in [6, 6.07) is 15.7. The molecule has 132 valence electrons. The molecule has 1 heterocycles. The lowest BCUT2D eigenvalue weighted by molar-refractivity contribution is -0.118. The Kier molecular flexibility index (Phi) is 5.88. The summed E-state index contributed by atoms with van der Waals surface area (Å²) in [6.45, 7) is 2.80. The number of hydrogen-bond donors (Lipinski definition) is 0. The number of ether oxygens (including phenoxy) is 1. The number of fused-ring (bicyclic) bond motifs is 1. The molecule has 1 amide bonds. The summed E-state index contributed by atoms with van der Waals surface area (Å²) >= 11 is 1.49. The molecule has 5 heteroatoms. The number of benzene rings is 2. The maximum Gasteiger partial charge on any atom is 0.251 e. The van der Waals surface area contributed by atoms with Gasteiger partial charge in [-0.05, 0) is 36.2 Å². The molecule has 0 radical (unpaired) electrons. The van der Waals surface area contributed by atoms with Crippen molar-refractivity contribution < 1.29 is 9.53 Å². The lowest BCUT2D eigenvalue weighted by atomic mass is 10.2. The lowest BCUT2D eigenvalue weighted by Crippen LogP contribution is -2.17. The highest BCUT2D eigenvalue weighted by atomic mass is 32.1. The number of terminal acetylenes is 1. The number of thiazole rings is 1. The maximum atomic E-state index is 12.3. The van der Waals surface area contributed by atoms with Crippen molar-refractivity contribution in [3.05, 3.63) is 58.9 Å². The van der Waals surface area contributed by atoms with Crippen molar-refractivity contribution in [2.45, 2.75) is 26.3 Å². The number of carbonyl (C=O) groups is 1. The minimum Gasteiger partial charge on any atom is -0.493 e. The zero-order chi connectivity index (χ0) is 18.4. The average Bonchev–Trinajstić information content (AvgIpc) is 2.99.